The van der Waals surface area contributed by atoms with Crippen molar-refractivity contribution in [3.63, 3.8) is 0 Å². The van der Waals surface area contributed by atoms with Crippen LogP contribution in [-0.2, 0) is 15.8 Å². The molecule has 0 spiro atoms. The zero-order chi connectivity index (χ0) is 27.5. The average Bonchev–Trinajstić information content (AvgIpc) is 2.87. The summed E-state index contributed by atoms with van der Waals surface area (Å²) in [5, 5.41) is 0. The number of benzene rings is 3. The molecule has 3 aromatic carbocycles. The number of ether oxygens (including phenoxy) is 3. The van der Waals surface area contributed by atoms with Crippen LogP contribution in [0.15, 0.2) is 66.7 Å². The fourth-order valence-electron chi connectivity index (χ4n) is 4.08. The molecule has 0 amide bonds. The van der Waals surface area contributed by atoms with Gasteiger partial charge >= 0.3 is 0 Å². The van der Waals surface area contributed by atoms with Crippen LogP contribution in [0.1, 0.15) is 46.5 Å². The fraction of sp³-hybridized carbons (Fsp3) is 0.233. The van der Waals surface area contributed by atoms with E-state index < -0.39 is 15.6 Å². The van der Waals surface area contributed by atoms with Crippen LogP contribution >= 0.6 is 0 Å². The van der Waals surface area contributed by atoms with Gasteiger partial charge in [0.15, 0.2) is 5.78 Å². The van der Waals surface area contributed by atoms with E-state index in [9.17, 15) is 13.2 Å². The molecule has 0 atom stereocenters. The Morgan fingerprint density at radius 1 is 1.00 bits per heavy atom. The number of fused-ring (bicyclic) bond motifs is 1. The second-order valence-electron chi connectivity index (χ2n) is 9.60. The minimum Gasteiger partial charge on any atom is -0.496 e. The van der Waals surface area contributed by atoms with Gasteiger partial charge in [0.05, 0.1) is 36.8 Å². The standard InChI is InChI=1S/C30H31NO6S/c1-20-6-8-22(9-7-20)19-38(33,34)31-25-18-21(11-14-28(25)36-5)10-13-26(32)23-12-15-27(35-4)24-16-17-30(2,3)37-29(23)24/h6-18,31H,19H2,1-5H3/b13-10+. The smallest absolute Gasteiger partial charge is 0.237 e. The van der Waals surface area contributed by atoms with E-state index in [1.165, 1.54) is 13.2 Å². The van der Waals surface area contributed by atoms with E-state index in [0.717, 1.165) is 5.56 Å². The van der Waals surface area contributed by atoms with E-state index in [0.29, 0.717) is 39.5 Å². The predicted molar refractivity (Wildman–Crippen MR) is 151 cm³/mol. The van der Waals surface area contributed by atoms with Crippen molar-refractivity contribution < 1.29 is 27.4 Å². The maximum absolute atomic E-state index is 13.2. The number of anilines is 1. The van der Waals surface area contributed by atoms with Crippen molar-refractivity contribution in [2.75, 3.05) is 18.9 Å². The summed E-state index contributed by atoms with van der Waals surface area (Å²) in [6, 6.07) is 15.8. The molecular weight excluding hydrogens is 502 g/mol. The number of carbonyl (C=O) groups excluding carboxylic acids is 1. The lowest BCUT2D eigenvalue weighted by Crippen LogP contribution is -2.28. The summed E-state index contributed by atoms with van der Waals surface area (Å²) in [6.45, 7) is 5.77. The number of hydrogen-bond acceptors (Lipinski definition) is 6. The molecule has 0 saturated heterocycles. The molecule has 38 heavy (non-hydrogen) atoms. The molecule has 8 heteroatoms. The zero-order valence-corrected chi connectivity index (χ0v) is 22.9. The summed E-state index contributed by atoms with van der Waals surface area (Å²) in [7, 11) is -0.671. The molecule has 0 saturated carbocycles. The minimum absolute atomic E-state index is 0.178. The van der Waals surface area contributed by atoms with E-state index in [2.05, 4.69) is 4.72 Å². The molecule has 1 heterocycles. The second-order valence-corrected chi connectivity index (χ2v) is 11.3. The third-order valence-corrected chi connectivity index (χ3v) is 7.30. The topological polar surface area (TPSA) is 90.9 Å². The number of aryl methyl sites for hydroxylation is 1. The third kappa shape index (κ3) is 6.26. The van der Waals surface area contributed by atoms with E-state index in [1.54, 1.807) is 55.7 Å². The average molecular weight is 534 g/mol. The number of rotatable bonds is 9. The highest BCUT2D eigenvalue weighted by Gasteiger charge is 2.27. The molecule has 1 aliphatic heterocycles. The lowest BCUT2D eigenvalue weighted by Gasteiger charge is -2.29. The summed E-state index contributed by atoms with van der Waals surface area (Å²) in [5.74, 6) is 1.01. The number of nitrogens with one attached hydrogen (secondary N) is 1. The quantitative estimate of drug-likeness (QED) is 0.267. The molecule has 0 aliphatic carbocycles. The Morgan fingerprint density at radius 2 is 1.68 bits per heavy atom. The third-order valence-electron chi connectivity index (χ3n) is 6.05. The number of allylic oxidation sites excluding steroid dienone is 1. The summed E-state index contributed by atoms with van der Waals surface area (Å²) in [5.41, 5.74) is 3.17. The van der Waals surface area contributed by atoms with Gasteiger partial charge in [-0.15, -0.1) is 0 Å². The first-order valence-corrected chi connectivity index (χ1v) is 13.7. The van der Waals surface area contributed by atoms with Gasteiger partial charge in [0.1, 0.15) is 22.8 Å². The normalized spacial score (nSPS) is 14.0. The van der Waals surface area contributed by atoms with Gasteiger partial charge < -0.3 is 14.2 Å². The number of carbonyl (C=O) groups is 1. The number of ketones is 1. The monoisotopic (exact) mass is 533 g/mol. The molecule has 0 unspecified atom stereocenters. The van der Waals surface area contributed by atoms with Crippen LogP contribution in [-0.4, -0.2) is 34.0 Å². The number of hydrogen-bond donors (Lipinski definition) is 1. The first-order chi connectivity index (χ1) is 18.0. The predicted octanol–water partition coefficient (Wildman–Crippen LogP) is 6.03. The molecule has 3 aromatic rings. The van der Waals surface area contributed by atoms with E-state index >= 15 is 0 Å². The molecule has 0 radical (unpaired) electrons. The molecule has 1 N–H and O–H groups in total. The zero-order valence-electron chi connectivity index (χ0n) is 22.1. The summed E-state index contributed by atoms with van der Waals surface area (Å²) >= 11 is 0. The Hall–Kier alpha value is -4.04. The van der Waals surface area contributed by atoms with E-state index in [-0.39, 0.29) is 17.2 Å². The maximum Gasteiger partial charge on any atom is 0.237 e. The summed E-state index contributed by atoms with van der Waals surface area (Å²) in [6.07, 6.45) is 6.88. The molecule has 198 valence electrons. The van der Waals surface area contributed by atoms with Gasteiger partial charge in [-0.25, -0.2) is 8.42 Å². The fourth-order valence-corrected chi connectivity index (χ4v) is 5.28. The Morgan fingerprint density at radius 3 is 2.37 bits per heavy atom. The highest BCUT2D eigenvalue weighted by Crippen LogP contribution is 2.40. The molecule has 7 nitrogen and oxygen atoms in total. The van der Waals surface area contributed by atoms with Gasteiger partial charge in [0, 0.05) is 0 Å². The van der Waals surface area contributed by atoms with Crippen molar-refractivity contribution in [3.8, 4) is 17.2 Å². The van der Waals surface area contributed by atoms with Crippen molar-refractivity contribution in [2.24, 2.45) is 0 Å². The molecular formula is C30H31NO6S. The van der Waals surface area contributed by atoms with Crippen LogP contribution in [0, 0.1) is 6.92 Å². The van der Waals surface area contributed by atoms with Crippen molar-refractivity contribution >= 4 is 33.6 Å². The van der Waals surface area contributed by atoms with E-state index in [4.69, 9.17) is 14.2 Å². The lowest BCUT2D eigenvalue weighted by atomic mass is 9.97. The minimum atomic E-state index is -3.71. The lowest BCUT2D eigenvalue weighted by molar-refractivity contribution is 0.103. The molecule has 0 fully saturated rings. The van der Waals surface area contributed by atoms with Gasteiger partial charge in [0.25, 0.3) is 0 Å². The SMILES string of the molecule is COc1ccc(/C=C/C(=O)c2ccc(OC)c3c2OC(C)(C)C=C3)cc1NS(=O)(=O)Cc1ccc(C)cc1. The Labute approximate surface area is 223 Å². The van der Waals surface area contributed by atoms with Crippen molar-refractivity contribution in [1.29, 1.82) is 0 Å². The molecule has 4 rings (SSSR count). The van der Waals surface area contributed by atoms with Crippen molar-refractivity contribution in [2.45, 2.75) is 32.1 Å². The maximum atomic E-state index is 13.2. The van der Waals surface area contributed by atoms with Crippen LogP contribution < -0.4 is 18.9 Å². The highest BCUT2D eigenvalue weighted by molar-refractivity contribution is 7.91. The Balaban J connectivity index is 1.58. The number of methoxy groups -OCH3 is 2. The first-order valence-electron chi connectivity index (χ1n) is 12.1. The summed E-state index contributed by atoms with van der Waals surface area (Å²) in [4.78, 5) is 13.2. The van der Waals surface area contributed by atoms with Gasteiger partial charge in [-0.2, -0.15) is 0 Å². The Kier molecular flexibility index (Phi) is 7.64. The van der Waals surface area contributed by atoms with Gasteiger partial charge in [-0.3, -0.25) is 9.52 Å². The van der Waals surface area contributed by atoms with Gasteiger partial charge in [0.2, 0.25) is 10.0 Å². The van der Waals surface area contributed by atoms with Crippen LogP contribution in [0.4, 0.5) is 5.69 Å². The van der Waals surface area contributed by atoms with Gasteiger partial charge in [-0.05, 0) is 74.4 Å². The van der Waals surface area contributed by atoms with Crippen molar-refractivity contribution in [1.82, 2.24) is 0 Å². The highest BCUT2D eigenvalue weighted by atomic mass is 32.2. The van der Waals surface area contributed by atoms with Crippen LogP contribution in [0.5, 0.6) is 17.2 Å². The second kappa shape index (κ2) is 10.8. The van der Waals surface area contributed by atoms with Crippen molar-refractivity contribution in [3.05, 3.63) is 94.6 Å². The van der Waals surface area contributed by atoms with Crippen LogP contribution in [0.25, 0.3) is 12.2 Å². The Bertz CT molecular complexity index is 1520. The van der Waals surface area contributed by atoms with Crippen LogP contribution in [0.2, 0.25) is 0 Å². The van der Waals surface area contributed by atoms with Gasteiger partial charge in [-0.1, -0.05) is 42.0 Å². The largest absolute Gasteiger partial charge is 0.496 e. The molecule has 0 aromatic heterocycles. The molecule has 1 aliphatic rings. The molecule has 0 bridgehead atoms. The number of sulfonamides is 1. The summed E-state index contributed by atoms with van der Waals surface area (Å²) < 4.78 is 45.2. The van der Waals surface area contributed by atoms with Crippen LogP contribution in [0.3, 0.4) is 0 Å². The first kappa shape index (κ1) is 27.0. The van der Waals surface area contributed by atoms with E-state index in [1.807, 2.05) is 45.1 Å².